The van der Waals surface area contributed by atoms with Crippen molar-refractivity contribution >= 4 is 5.78 Å². The summed E-state index contributed by atoms with van der Waals surface area (Å²) in [5, 5.41) is 0. The molecule has 1 aromatic carbocycles. The molecular formula is C29H44O. The number of Topliss-reactive ketones (excluding diaryl/α,β-unsaturated/α-hetero) is 1. The van der Waals surface area contributed by atoms with Crippen LogP contribution in [0.3, 0.4) is 0 Å². The maximum absolute atomic E-state index is 11.4. The van der Waals surface area contributed by atoms with Gasteiger partial charge in [0.15, 0.2) is 0 Å². The Balaban J connectivity index is 1.12. The van der Waals surface area contributed by atoms with Crippen LogP contribution in [0.1, 0.15) is 115 Å². The van der Waals surface area contributed by atoms with Gasteiger partial charge in [0.1, 0.15) is 5.78 Å². The van der Waals surface area contributed by atoms with Crippen LogP contribution in [0.5, 0.6) is 0 Å². The molecule has 0 bridgehead atoms. The molecule has 3 saturated carbocycles. The Hall–Kier alpha value is -1.11. The summed E-state index contributed by atoms with van der Waals surface area (Å²) in [5.41, 5.74) is 1.53. The predicted molar refractivity (Wildman–Crippen MR) is 127 cm³/mol. The molecule has 0 saturated heterocycles. The summed E-state index contributed by atoms with van der Waals surface area (Å²) >= 11 is 0. The van der Waals surface area contributed by atoms with E-state index in [1.165, 1.54) is 89.0 Å². The Morgan fingerprint density at radius 1 is 0.700 bits per heavy atom. The summed E-state index contributed by atoms with van der Waals surface area (Å²) in [4.78, 5) is 11.4. The molecule has 0 aliphatic heterocycles. The van der Waals surface area contributed by atoms with Crippen molar-refractivity contribution in [3.63, 3.8) is 0 Å². The van der Waals surface area contributed by atoms with E-state index >= 15 is 0 Å². The van der Waals surface area contributed by atoms with Gasteiger partial charge in [-0.25, -0.2) is 0 Å². The van der Waals surface area contributed by atoms with Crippen molar-refractivity contribution in [1.29, 1.82) is 0 Å². The van der Waals surface area contributed by atoms with Crippen LogP contribution >= 0.6 is 0 Å². The third-order valence-electron chi connectivity index (χ3n) is 9.15. The van der Waals surface area contributed by atoms with Crippen molar-refractivity contribution in [3.8, 4) is 0 Å². The van der Waals surface area contributed by atoms with Crippen LogP contribution in [0.15, 0.2) is 30.3 Å². The number of carbonyl (C=O) groups excluding carboxylic acids is 1. The van der Waals surface area contributed by atoms with Crippen molar-refractivity contribution in [2.75, 3.05) is 0 Å². The highest BCUT2D eigenvalue weighted by Gasteiger charge is 2.31. The second-order valence-corrected chi connectivity index (χ2v) is 11.2. The maximum atomic E-state index is 11.4. The number of benzene rings is 1. The molecule has 3 fully saturated rings. The first-order valence-corrected chi connectivity index (χ1v) is 13.2. The van der Waals surface area contributed by atoms with Crippen LogP contribution in [0.2, 0.25) is 0 Å². The summed E-state index contributed by atoms with van der Waals surface area (Å²) < 4.78 is 0. The van der Waals surface area contributed by atoms with Gasteiger partial charge in [-0.3, -0.25) is 4.79 Å². The quantitative estimate of drug-likeness (QED) is 0.443. The predicted octanol–water partition coefficient (Wildman–Crippen LogP) is 8.33. The summed E-state index contributed by atoms with van der Waals surface area (Å²) in [6.45, 7) is 2.42. The SMILES string of the molecule is C[C@@H](CC1CCC(C2CCC(CCC3CCC(=O)CC3)CC2)CC1)c1ccccc1. The summed E-state index contributed by atoms with van der Waals surface area (Å²) in [6, 6.07) is 11.1. The fourth-order valence-corrected chi connectivity index (χ4v) is 7.02. The van der Waals surface area contributed by atoms with Gasteiger partial charge in [0.05, 0.1) is 0 Å². The molecule has 0 unspecified atom stereocenters. The molecule has 1 aromatic rings. The zero-order valence-corrected chi connectivity index (χ0v) is 19.4. The third kappa shape index (κ3) is 6.21. The molecule has 4 rings (SSSR count). The molecule has 1 heteroatoms. The summed E-state index contributed by atoms with van der Waals surface area (Å²) in [6.07, 6.45) is 20.2. The van der Waals surface area contributed by atoms with Crippen LogP contribution in [-0.2, 0) is 4.79 Å². The lowest BCUT2D eigenvalue weighted by Crippen LogP contribution is -2.26. The third-order valence-corrected chi connectivity index (χ3v) is 9.15. The van der Waals surface area contributed by atoms with E-state index < -0.39 is 0 Å². The fraction of sp³-hybridized carbons (Fsp3) is 0.759. The van der Waals surface area contributed by atoms with Gasteiger partial charge in [0.25, 0.3) is 0 Å². The summed E-state index contributed by atoms with van der Waals surface area (Å²) in [5.74, 6) is 6.08. The van der Waals surface area contributed by atoms with E-state index in [-0.39, 0.29) is 0 Å². The molecule has 0 amide bonds. The topological polar surface area (TPSA) is 17.1 Å². The highest BCUT2D eigenvalue weighted by Crippen LogP contribution is 2.44. The molecule has 1 nitrogen and oxygen atoms in total. The van der Waals surface area contributed by atoms with Crippen LogP contribution < -0.4 is 0 Å². The number of ketones is 1. The van der Waals surface area contributed by atoms with E-state index in [1.54, 1.807) is 0 Å². The van der Waals surface area contributed by atoms with Crippen LogP contribution in [0, 0.1) is 29.6 Å². The monoisotopic (exact) mass is 408 g/mol. The highest BCUT2D eigenvalue weighted by molar-refractivity contribution is 5.78. The normalized spacial score (nSPS) is 32.1. The van der Waals surface area contributed by atoms with Gasteiger partial charge in [0, 0.05) is 12.8 Å². The van der Waals surface area contributed by atoms with E-state index in [2.05, 4.69) is 37.3 Å². The minimum atomic E-state index is 0.510. The number of carbonyl (C=O) groups is 1. The Labute approximate surface area is 185 Å². The molecule has 1 atom stereocenters. The van der Waals surface area contributed by atoms with Gasteiger partial charge in [-0.2, -0.15) is 0 Å². The van der Waals surface area contributed by atoms with E-state index in [0.29, 0.717) is 11.7 Å². The Bertz CT molecular complexity index is 624. The van der Waals surface area contributed by atoms with Crippen LogP contribution in [0.25, 0.3) is 0 Å². The minimum Gasteiger partial charge on any atom is -0.300 e. The Morgan fingerprint density at radius 2 is 1.20 bits per heavy atom. The standard InChI is InChI=1S/C29H44O/c1-22(26-5-3-2-4-6-26)21-25-11-17-28(18-12-25)27-15-9-23(10-16-27)7-8-24-13-19-29(30)20-14-24/h2-6,22-25,27-28H,7-21H2,1H3/t22-,23?,25?,27?,28?/m0/s1. The zero-order chi connectivity index (χ0) is 20.8. The lowest BCUT2D eigenvalue weighted by Gasteiger charge is -2.38. The fourth-order valence-electron chi connectivity index (χ4n) is 7.02. The lowest BCUT2D eigenvalue weighted by molar-refractivity contribution is -0.121. The molecule has 0 heterocycles. The molecule has 0 radical (unpaired) electrons. The molecule has 0 aromatic heterocycles. The minimum absolute atomic E-state index is 0.510. The second kappa shape index (κ2) is 11.0. The molecule has 166 valence electrons. The van der Waals surface area contributed by atoms with Crippen LogP contribution in [0.4, 0.5) is 0 Å². The van der Waals surface area contributed by atoms with Gasteiger partial charge in [-0.05, 0) is 86.0 Å². The first-order chi connectivity index (χ1) is 14.7. The number of rotatable bonds is 7. The largest absolute Gasteiger partial charge is 0.300 e. The molecular weight excluding hydrogens is 364 g/mol. The molecule has 0 N–H and O–H groups in total. The van der Waals surface area contributed by atoms with E-state index in [4.69, 9.17) is 0 Å². The van der Waals surface area contributed by atoms with Gasteiger partial charge in [-0.1, -0.05) is 75.8 Å². The van der Waals surface area contributed by atoms with Gasteiger partial charge in [-0.15, -0.1) is 0 Å². The van der Waals surface area contributed by atoms with Gasteiger partial charge < -0.3 is 0 Å². The molecule has 3 aliphatic rings. The van der Waals surface area contributed by atoms with E-state index in [1.807, 2.05) is 0 Å². The Morgan fingerprint density at radius 3 is 1.77 bits per heavy atom. The van der Waals surface area contributed by atoms with Gasteiger partial charge >= 0.3 is 0 Å². The molecule has 30 heavy (non-hydrogen) atoms. The van der Waals surface area contributed by atoms with Crippen molar-refractivity contribution in [2.24, 2.45) is 29.6 Å². The van der Waals surface area contributed by atoms with Gasteiger partial charge in [0.2, 0.25) is 0 Å². The average molecular weight is 409 g/mol. The zero-order valence-electron chi connectivity index (χ0n) is 19.4. The van der Waals surface area contributed by atoms with Crippen molar-refractivity contribution in [2.45, 2.75) is 109 Å². The smallest absolute Gasteiger partial charge is 0.132 e. The Kier molecular flexibility index (Phi) is 8.07. The summed E-state index contributed by atoms with van der Waals surface area (Å²) in [7, 11) is 0. The lowest BCUT2D eigenvalue weighted by atomic mass is 9.67. The van der Waals surface area contributed by atoms with E-state index in [9.17, 15) is 4.79 Å². The molecule has 3 aliphatic carbocycles. The maximum Gasteiger partial charge on any atom is 0.132 e. The number of hydrogen-bond acceptors (Lipinski definition) is 1. The number of hydrogen-bond donors (Lipinski definition) is 0. The molecule has 0 spiro atoms. The van der Waals surface area contributed by atoms with E-state index in [0.717, 1.165) is 42.4 Å². The van der Waals surface area contributed by atoms with Crippen molar-refractivity contribution in [1.82, 2.24) is 0 Å². The highest BCUT2D eigenvalue weighted by atomic mass is 16.1. The first-order valence-electron chi connectivity index (χ1n) is 13.2. The van der Waals surface area contributed by atoms with Crippen LogP contribution in [-0.4, -0.2) is 5.78 Å². The average Bonchev–Trinajstić information content (AvgIpc) is 2.80. The van der Waals surface area contributed by atoms with Crippen molar-refractivity contribution < 1.29 is 4.79 Å². The van der Waals surface area contributed by atoms with Crippen molar-refractivity contribution in [3.05, 3.63) is 35.9 Å². The second-order valence-electron chi connectivity index (χ2n) is 11.2. The first kappa shape index (κ1) is 22.1.